The second kappa shape index (κ2) is 12.7. The fourth-order valence-electron chi connectivity index (χ4n) is 3.65. The Bertz CT molecular complexity index is 1120. The van der Waals surface area contributed by atoms with Crippen LogP contribution < -0.4 is 10.6 Å². The van der Waals surface area contributed by atoms with Crippen molar-refractivity contribution >= 4 is 51.4 Å². The molecule has 4 rings (SSSR count). The van der Waals surface area contributed by atoms with Gasteiger partial charge in [0.1, 0.15) is 11.9 Å². The van der Waals surface area contributed by atoms with Gasteiger partial charge in [-0.1, -0.05) is 48.5 Å². The summed E-state index contributed by atoms with van der Waals surface area (Å²) in [4.78, 5) is 9.71. The third-order valence-corrected chi connectivity index (χ3v) is 6.60. The number of nitrogens with one attached hydrogen (secondary N) is 2. The normalized spacial score (nSPS) is 12.4. The Hall–Kier alpha value is -2.43. The third-order valence-electron chi connectivity index (χ3n) is 5.38. The van der Waals surface area contributed by atoms with Gasteiger partial charge in [-0.2, -0.15) is 0 Å². The van der Waals surface area contributed by atoms with Gasteiger partial charge < -0.3 is 20.3 Å². The molecule has 6 nitrogen and oxygen atoms in total. The predicted molar refractivity (Wildman–Crippen MR) is 147 cm³/mol. The number of imidazole rings is 1. The molecule has 0 saturated carbocycles. The molecule has 0 aliphatic carbocycles. The van der Waals surface area contributed by atoms with Crippen LogP contribution in [0.15, 0.2) is 78.0 Å². The van der Waals surface area contributed by atoms with Gasteiger partial charge in [-0.3, -0.25) is 4.99 Å². The zero-order valence-electron chi connectivity index (χ0n) is 18.6. The minimum Gasteiger partial charge on any atom is -0.386 e. The molecule has 0 aliphatic rings. The highest BCUT2D eigenvalue weighted by molar-refractivity contribution is 14.0. The molecule has 0 fully saturated rings. The lowest BCUT2D eigenvalue weighted by atomic mass is 10.1. The van der Waals surface area contributed by atoms with Crippen molar-refractivity contribution in [2.75, 3.05) is 13.6 Å². The molecule has 174 valence electrons. The summed E-state index contributed by atoms with van der Waals surface area (Å²) in [6.45, 7) is 1.87. The number of hydrogen-bond acceptors (Lipinski definition) is 4. The highest BCUT2D eigenvalue weighted by Gasteiger charge is 2.12. The van der Waals surface area contributed by atoms with E-state index in [-0.39, 0.29) is 24.0 Å². The molecule has 1 atom stereocenters. The van der Waals surface area contributed by atoms with E-state index >= 15 is 0 Å². The average Bonchev–Trinajstić information content (AvgIpc) is 3.46. The quantitative estimate of drug-likeness (QED) is 0.153. The van der Waals surface area contributed by atoms with Gasteiger partial charge in [0, 0.05) is 42.1 Å². The summed E-state index contributed by atoms with van der Waals surface area (Å²) in [6, 6.07) is 20.8. The van der Waals surface area contributed by atoms with Gasteiger partial charge >= 0.3 is 0 Å². The van der Waals surface area contributed by atoms with Gasteiger partial charge in [0.25, 0.3) is 0 Å². The minimum absolute atomic E-state index is 0. The molecule has 0 radical (unpaired) electrons. The van der Waals surface area contributed by atoms with Gasteiger partial charge in [0.05, 0.1) is 6.54 Å². The van der Waals surface area contributed by atoms with Crippen LogP contribution in [0, 0.1) is 0 Å². The van der Waals surface area contributed by atoms with Gasteiger partial charge in [0.15, 0.2) is 5.96 Å². The number of aliphatic hydroxyl groups excluding tert-OH is 1. The van der Waals surface area contributed by atoms with Crippen molar-refractivity contribution in [2.45, 2.75) is 32.0 Å². The summed E-state index contributed by atoms with van der Waals surface area (Å²) in [7, 11) is 1.73. The van der Waals surface area contributed by atoms with Crippen LogP contribution in [0.3, 0.4) is 0 Å². The Labute approximate surface area is 215 Å². The molecular formula is C25H30IN5OS. The van der Waals surface area contributed by atoms with Crippen LogP contribution in [-0.2, 0) is 19.5 Å². The average molecular weight is 576 g/mol. The molecule has 0 saturated heterocycles. The van der Waals surface area contributed by atoms with E-state index in [1.807, 2.05) is 30.6 Å². The van der Waals surface area contributed by atoms with E-state index in [2.05, 4.69) is 67.6 Å². The van der Waals surface area contributed by atoms with Gasteiger partial charge in [-0.05, 0) is 35.9 Å². The van der Waals surface area contributed by atoms with Gasteiger partial charge in [0.2, 0.25) is 0 Å². The van der Waals surface area contributed by atoms with Crippen molar-refractivity contribution in [1.29, 1.82) is 0 Å². The van der Waals surface area contributed by atoms with Crippen LogP contribution >= 0.6 is 35.3 Å². The first-order chi connectivity index (χ1) is 15.7. The second-order valence-electron chi connectivity index (χ2n) is 7.64. The predicted octanol–water partition coefficient (Wildman–Crippen LogP) is 4.75. The molecule has 8 heteroatoms. The highest BCUT2D eigenvalue weighted by atomic mass is 127. The maximum Gasteiger partial charge on any atom is 0.191 e. The summed E-state index contributed by atoms with van der Waals surface area (Å²) in [5.41, 5.74) is 1.36. The molecule has 0 bridgehead atoms. The number of rotatable bonds is 9. The molecule has 2 aromatic heterocycles. The molecule has 4 aromatic rings. The van der Waals surface area contributed by atoms with Crippen LogP contribution in [-0.4, -0.2) is 34.2 Å². The second-order valence-corrected chi connectivity index (χ2v) is 8.75. The number of benzene rings is 2. The van der Waals surface area contributed by atoms with Crippen molar-refractivity contribution in [3.05, 3.63) is 89.3 Å². The van der Waals surface area contributed by atoms with Crippen LogP contribution in [0.25, 0.3) is 10.1 Å². The molecular weight excluding hydrogens is 545 g/mol. The van der Waals surface area contributed by atoms with Crippen LogP contribution in [0.2, 0.25) is 0 Å². The van der Waals surface area contributed by atoms with E-state index in [1.54, 1.807) is 18.4 Å². The van der Waals surface area contributed by atoms with E-state index in [0.717, 1.165) is 35.5 Å². The number of thiophene rings is 1. The lowest BCUT2D eigenvalue weighted by molar-refractivity contribution is 0.184. The Kier molecular flexibility index (Phi) is 9.71. The highest BCUT2D eigenvalue weighted by Crippen LogP contribution is 2.29. The van der Waals surface area contributed by atoms with E-state index in [9.17, 15) is 5.11 Å². The summed E-state index contributed by atoms with van der Waals surface area (Å²) in [5.74, 6) is 1.61. The fourth-order valence-corrected chi connectivity index (χ4v) is 4.70. The summed E-state index contributed by atoms with van der Waals surface area (Å²) in [6.07, 6.45) is 5.36. The van der Waals surface area contributed by atoms with Crippen molar-refractivity contribution in [1.82, 2.24) is 20.2 Å². The van der Waals surface area contributed by atoms with E-state index < -0.39 is 6.10 Å². The van der Waals surface area contributed by atoms with Crippen LogP contribution in [0.1, 0.15) is 28.8 Å². The molecule has 3 N–H and O–H groups in total. The topological polar surface area (TPSA) is 74.5 Å². The number of fused-ring (bicyclic) bond motifs is 1. The fraction of sp³-hybridized carbons (Fsp3) is 0.280. The third kappa shape index (κ3) is 7.02. The first-order valence-electron chi connectivity index (χ1n) is 10.9. The van der Waals surface area contributed by atoms with Crippen LogP contribution in [0.4, 0.5) is 0 Å². The first kappa shape index (κ1) is 25.2. The molecule has 0 aliphatic heterocycles. The Balaban J connectivity index is 0.00000306. The number of nitrogens with zero attached hydrogens (tertiary/aromatic N) is 3. The van der Waals surface area contributed by atoms with Crippen LogP contribution in [0.5, 0.6) is 0 Å². The number of aliphatic imine (C=N–C) groups is 1. The standard InChI is InChI=1S/C25H29N5OS.HI/c1-26-25(28-17-21(31)23-16-20-11-5-6-12-22(20)32-23)29-18-24-27-13-15-30(24)14-7-10-19-8-3-2-4-9-19;/h2-6,8-9,11-13,15-16,21,31H,7,10,14,17-18H2,1H3,(H2,26,28,29);1H. The molecule has 1 unspecified atom stereocenters. The Morgan fingerprint density at radius 3 is 2.70 bits per heavy atom. The molecule has 0 spiro atoms. The number of aromatic nitrogens is 2. The van der Waals surface area contributed by atoms with E-state index in [4.69, 9.17) is 0 Å². The minimum atomic E-state index is -0.592. The number of aliphatic hydroxyl groups is 1. The summed E-state index contributed by atoms with van der Waals surface area (Å²) < 4.78 is 3.36. The zero-order valence-corrected chi connectivity index (χ0v) is 21.8. The Morgan fingerprint density at radius 2 is 1.91 bits per heavy atom. The maximum absolute atomic E-state index is 10.6. The lowest BCUT2D eigenvalue weighted by Crippen LogP contribution is -2.39. The van der Waals surface area contributed by atoms with E-state index in [0.29, 0.717) is 19.0 Å². The smallest absolute Gasteiger partial charge is 0.191 e. The number of hydrogen-bond donors (Lipinski definition) is 3. The number of guanidine groups is 1. The monoisotopic (exact) mass is 575 g/mol. The van der Waals surface area contributed by atoms with Crippen molar-refractivity contribution in [2.24, 2.45) is 4.99 Å². The number of halogens is 1. The molecule has 2 heterocycles. The van der Waals surface area contributed by atoms with Crippen molar-refractivity contribution in [3.8, 4) is 0 Å². The zero-order chi connectivity index (χ0) is 22.2. The van der Waals surface area contributed by atoms with Gasteiger partial charge in [-0.15, -0.1) is 35.3 Å². The summed E-state index contributed by atoms with van der Waals surface area (Å²) in [5, 5.41) is 18.3. The maximum atomic E-state index is 10.6. The molecule has 2 aromatic carbocycles. The molecule has 33 heavy (non-hydrogen) atoms. The largest absolute Gasteiger partial charge is 0.386 e. The molecule has 0 amide bonds. The van der Waals surface area contributed by atoms with E-state index in [1.165, 1.54) is 10.3 Å². The first-order valence-corrected chi connectivity index (χ1v) is 11.7. The number of aryl methyl sites for hydroxylation is 2. The SMILES string of the molecule is CN=C(NCc1nccn1CCCc1ccccc1)NCC(O)c1cc2ccccc2s1.I. The Morgan fingerprint density at radius 1 is 1.12 bits per heavy atom. The van der Waals surface area contributed by atoms with Gasteiger partial charge in [-0.25, -0.2) is 4.98 Å². The van der Waals surface area contributed by atoms with Crippen molar-refractivity contribution < 1.29 is 5.11 Å². The summed E-state index contributed by atoms with van der Waals surface area (Å²) >= 11 is 1.62. The lowest BCUT2D eigenvalue weighted by Gasteiger charge is -2.15. The van der Waals surface area contributed by atoms with Crippen molar-refractivity contribution in [3.63, 3.8) is 0 Å².